The van der Waals surface area contributed by atoms with Crippen molar-refractivity contribution in [3.63, 3.8) is 0 Å². The SMILES string of the molecule is CSc1ncccc1C(=O)N1CCS[C@@H](c2ccco2)CC1. The van der Waals surface area contributed by atoms with Crippen LogP contribution in [0.4, 0.5) is 0 Å². The van der Waals surface area contributed by atoms with Gasteiger partial charge < -0.3 is 9.32 Å². The summed E-state index contributed by atoms with van der Waals surface area (Å²) in [7, 11) is 0. The molecule has 2 aromatic heterocycles. The van der Waals surface area contributed by atoms with Gasteiger partial charge >= 0.3 is 0 Å². The van der Waals surface area contributed by atoms with Crippen LogP contribution in [0.1, 0.15) is 27.8 Å². The van der Waals surface area contributed by atoms with E-state index < -0.39 is 0 Å². The topological polar surface area (TPSA) is 46.3 Å². The molecule has 1 fully saturated rings. The monoisotopic (exact) mass is 334 g/mol. The van der Waals surface area contributed by atoms with Crippen LogP contribution in [0.5, 0.6) is 0 Å². The van der Waals surface area contributed by atoms with Crippen LogP contribution in [0.25, 0.3) is 0 Å². The molecule has 6 heteroatoms. The molecule has 0 N–H and O–H groups in total. The Balaban J connectivity index is 1.71. The maximum absolute atomic E-state index is 12.8. The van der Waals surface area contributed by atoms with Gasteiger partial charge in [-0.1, -0.05) is 0 Å². The van der Waals surface area contributed by atoms with E-state index in [1.165, 1.54) is 11.8 Å². The summed E-state index contributed by atoms with van der Waals surface area (Å²) in [5.74, 6) is 2.01. The fourth-order valence-electron chi connectivity index (χ4n) is 2.56. The van der Waals surface area contributed by atoms with Gasteiger partial charge in [0.1, 0.15) is 10.8 Å². The average Bonchev–Trinajstić information content (AvgIpc) is 2.99. The first-order valence-corrected chi connectivity index (χ1v) is 9.50. The summed E-state index contributed by atoms with van der Waals surface area (Å²) in [5.41, 5.74) is 0.705. The molecule has 3 heterocycles. The number of carbonyl (C=O) groups is 1. The molecule has 4 nitrogen and oxygen atoms in total. The van der Waals surface area contributed by atoms with E-state index in [9.17, 15) is 4.79 Å². The van der Waals surface area contributed by atoms with E-state index in [0.717, 1.165) is 36.0 Å². The van der Waals surface area contributed by atoms with E-state index in [4.69, 9.17) is 4.42 Å². The predicted octanol–water partition coefficient (Wildman–Crippen LogP) is 3.72. The van der Waals surface area contributed by atoms with E-state index in [1.54, 1.807) is 12.5 Å². The molecule has 116 valence electrons. The first-order chi connectivity index (χ1) is 10.8. The van der Waals surface area contributed by atoms with Crippen molar-refractivity contribution >= 4 is 29.4 Å². The Morgan fingerprint density at radius 2 is 2.32 bits per heavy atom. The lowest BCUT2D eigenvalue weighted by atomic mass is 10.2. The molecule has 0 saturated carbocycles. The summed E-state index contributed by atoms with van der Waals surface area (Å²) in [4.78, 5) is 19.0. The third kappa shape index (κ3) is 3.33. The fraction of sp³-hybridized carbons (Fsp3) is 0.375. The molecule has 0 unspecified atom stereocenters. The van der Waals surface area contributed by atoms with Crippen LogP contribution in [-0.2, 0) is 0 Å². The highest BCUT2D eigenvalue weighted by Crippen LogP contribution is 2.35. The van der Waals surface area contributed by atoms with Crippen LogP contribution in [0, 0.1) is 0 Å². The zero-order chi connectivity index (χ0) is 15.4. The summed E-state index contributed by atoms with van der Waals surface area (Å²) in [6, 6.07) is 7.63. The van der Waals surface area contributed by atoms with Gasteiger partial charge in [-0.15, -0.1) is 23.5 Å². The van der Waals surface area contributed by atoms with Crippen LogP contribution < -0.4 is 0 Å². The second-order valence-electron chi connectivity index (χ2n) is 5.02. The molecular formula is C16H18N2O2S2. The van der Waals surface area contributed by atoms with Crippen molar-refractivity contribution in [2.24, 2.45) is 0 Å². The van der Waals surface area contributed by atoms with Crippen molar-refractivity contribution < 1.29 is 9.21 Å². The summed E-state index contributed by atoms with van der Waals surface area (Å²) < 4.78 is 5.51. The van der Waals surface area contributed by atoms with Crippen molar-refractivity contribution in [1.82, 2.24) is 9.88 Å². The summed E-state index contributed by atoms with van der Waals surface area (Å²) >= 11 is 3.37. The average molecular weight is 334 g/mol. The molecule has 1 atom stereocenters. The second kappa shape index (κ2) is 7.24. The minimum atomic E-state index is 0.0816. The molecule has 0 aliphatic carbocycles. The number of amides is 1. The number of nitrogens with zero attached hydrogens (tertiary/aromatic N) is 2. The van der Waals surface area contributed by atoms with Crippen molar-refractivity contribution in [3.05, 3.63) is 48.0 Å². The largest absolute Gasteiger partial charge is 0.468 e. The molecule has 1 aliphatic heterocycles. The lowest BCUT2D eigenvalue weighted by Gasteiger charge is -2.21. The molecule has 1 saturated heterocycles. The molecule has 3 rings (SSSR count). The maximum atomic E-state index is 12.8. The Hall–Kier alpha value is -1.40. The van der Waals surface area contributed by atoms with E-state index in [1.807, 2.05) is 47.2 Å². The Labute approximate surface area is 138 Å². The molecule has 0 radical (unpaired) electrons. The van der Waals surface area contributed by atoms with E-state index in [-0.39, 0.29) is 5.91 Å². The predicted molar refractivity (Wildman–Crippen MR) is 90.4 cm³/mol. The number of furan rings is 1. The molecule has 0 aromatic carbocycles. The zero-order valence-electron chi connectivity index (χ0n) is 12.4. The molecular weight excluding hydrogens is 316 g/mol. The summed E-state index contributed by atoms with van der Waals surface area (Å²) in [5, 5.41) is 1.13. The Morgan fingerprint density at radius 1 is 1.41 bits per heavy atom. The van der Waals surface area contributed by atoms with Gasteiger partial charge in [0.15, 0.2) is 0 Å². The number of hydrogen-bond acceptors (Lipinski definition) is 5. The van der Waals surface area contributed by atoms with Crippen LogP contribution >= 0.6 is 23.5 Å². The minimum Gasteiger partial charge on any atom is -0.468 e. The van der Waals surface area contributed by atoms with Gasteiger partial charge in [0, 0.05) is 25.0 Å². The number of aromatic nitrogens is 1. The quantitative estimate of drug-likeness (QED) is 0.801. The first-order valence-electron chi connectivity index (χ1n) is 7.23. The molecule has 1 aliphatic rings. The van der Waals surface area contributed by atoms with Crippen molar-refractivity contribution in [1.29, 1.82) is 0 Å². The minimum absolute atomic E-state index is 0.0816. The van der Waals surface area contributed by atoms with Gasteiger partial charge in [0.2, 0.25) is 0 Å². The molecule has 0 bridgehead atoms. The van der Waals surface area contributed by atoms with Gasteiger partial charge in [-0.05, 0) is 36.9 Å². The fourth-order valence-corrected chi connectivity index (χ4v) is 4.28. The normalized spacial score (nSPS) is 19.0. The Morgan fingerprint density at radius 3 is 3.09 bits per heavy atom. The first kappa shape index (κ1) is 15.5. The Kier molecular flexibility index (Phi) is 5.10. The molecule has 22 heavy (non-hydrogen) atoms. The number of rotatable bonds is 3. The Bertz CT molecular complexity index is 631. The summed E-state index contributed by atoms with van der Waals surface area (Å²) in [6.45, 7) is 1.52. The van der Waals surface area contributed by atoms with Gasteiger partial charge in [0.25, 0.3) is 5.91 Å². The van der Waals surface area contributed by atoms with Crippen molar-refractivity contribution in [3.8, 4) is 0 Å². The lowest BCUT2D eigenvalue weighted by molar-refractivity contribution is 0.0761. The second-order valence-corrected chi connectivity index (χ2v) is 7.12. The third-order valence-corrected chi connectivity index (χ3v) is 5.68. The molecule has 0 spiro atoms. The van der Waals surface area contributed by atoms with Crippen LogP contribution in [0.3, 0.4) is 0 Å². The van der Waals surface area contributed by atoms with Gasteiger partial charge in [0.05, 0.1) is 17.1 Å². The maximum Gasteiger partial charge on any atom is 0.256 e. The van der Waals surface area contributed by atoms with Gasteiger partial charge in [-0.2, -0.15) is 0 Å². The highest BCUT2D eigenvalue weighted by molar-refractivity contribution is 7.99. The number of hydrogen-bond donors (Lipinski definition) is 0. The summed E-state index contributed by atoms with van der Waals surface area (Å²) in [6.07, 6.45) is 6.31. The van der Waals surface area contributed by atoms with E-state index >= 15 is 0 Å². The van der Waals surface area contributed by atoms with E-state index in [2.05, 4.69) is 4.98 Å². The highest BCUT2D eigenvalue weighted by atomic mass is 32.2. The number of carbonyl (C=O) groups excluding carboxylic acids is 1. The van der Waals surface area contributed by atoms with Gasteiger partial charge in [-0.3, -0.25) is 4.79 Å². The van der Waals surface area contributed by atoms with Gasteiger partial charge in [-0.25, -0.2) is 4.98 Å². The molecule has 1 amide bonds. The van der Waals surface area contributed by atoms with Crippen LogP contribution in [0.15, 0.2) is 46.2 Å². The number of thioether (sulfide) groups is 2. The van der Waals surface area contributed by atoms with E-state index in [0.29, 0.717) is 10.8 Å². The lowest BCUT2D eigenvalue weighted by Crippen LogP contribution is -2.33. The highest BCUT2D eigenvalue weighted by Gasteiger charge is 2.25. The van der Waals surface area contributed by atoms with Crippen molar-refractivity contribution in [2.75, 3.05) is 25.1 Å². The number of pyridine rings is 1. The van der Waals surface area contributed by atoms with Crippen LogP contribution in [-0.4, -0.2) is 40.9 Å². The van der Waals surface area contributed by atoms with Crippen molar-refractivity contribution in [2.45, 2.75) is 16.7 Å². The third-order valence-electron chi connectivity index (χ3n) is 3.68. The molecule has 2 aromatic rings. The zero-order valence-corrected chi connectivity index (χ0v) is 14.0. The van der Waals surface area contributed by atoms with Crippen LogP contribution in [0.2, 0.25) is 0 Å². The smallest absolute Gasteiger partial charge is 0.256 e. The standard InChI is InChI=1S/C16H18N2O2S2/c1-21-15-12(4-2-7-17-15)16(19)18-8-6-14(22-11-9-18)13-5-3-10-20-13/h2-5,7,10,14H,6,8-9,11H2,1H3/t14-/m1/s1.